The van der Waals surface area contributed by atoms with Crippen molar-refractivity contribution in [1.29, 1.82) is 5.26 Å². The number of nitrogens with zero attached hydrogens (tertiary/aromatic N) is 2. The molecule has 0 aliphatic carbocycles. The van der Waals surface area contributed by atoms with Crippen molar-refractivity contribution in [1.82, 2.24) is 10.3 Å². The molecule has 0 aliphatic rings. The molecule has 116 valence electrons. The maximum Gasteiger partial charge on any atom is 0.419 e. The Balaban J connectivity index is 1.79. The van der Waals surface area contributed by atoms with E-state index in [1.54, 1.807) is 11.4 Å². The van der Waals surface area contributed by atoms with Crippen molar-refractivity contribution in [3.8, 4) is 6.07 Å². The lowest BCUT2D eigenvalue weighted by atomic mass is 10.2. The van der Waals surface area contributed by atoms with Crippen LogP contribution in [-0.4, -0.2) is 18.1 Å². The molecule has 0 unspecified atom stereocenters. The number of alkyl halides is 3. The van der Waals surface area contributed by atoms with Crippen molar-refractivity contribution in [2.24, 2.45) is 0 Å². The molecule has 22 heavy (non-hydrogen) atoms. The van der Waals surface area contributed by atoms with Crippen LogP contribution >= 0.6 is 11.3 Å². The largest absolute Gasteiger partial charge is 0.419 e. The van der Waals surface area contributed by atoms with Gasteiger partial charge in [-0.05, 0) is 18.2 Å². The molecule has 2 aromatic rings. The summed E-state index contributed by atoms with van der Waals surface area (Å²) in [6.45, 7) is 1.37. The Morgan fingerprint density at radius 2 is 2.14 bits per heavy atom. The molecule has 0 bridgehead atoms. The molecule has 0 atom stereocenters. The highest BCUT2D eigenvalue weighted by molar-refractivity contribution is 7.10. The number of nitrogens with one attached hydrogen (secondary N) is 2. The van der Waals surface area contributed by atoms with E-state index in [9.17, 15) is 13.2 Å². The first kappa shape index (κ1) is 16.3. The number of nitriles is 1. The van der Waals surface area contributed by atoms with Crippen molar-refractivity contribution >= 4 is 17.2 Å². The highest BCUT2D eigenvalue weighted by Gasteiger charge is 2.33. The molecule has 2 aromatic heterocycles. The smallest absolute Gasteiger partial charge is 0.368 e. The van der Waals surface area contributed by atoms with E-state index in [1.807, 2.05) is 6.07 Å². The van der Waals surface area contributed by atoms with Gasteiger partial charge in [-0.15, -0.1) is 11.3 Å². The first-order chi connectivity index (χ1) is 10.5. The lowest BCUT2D eigenvalue weighted by Crippen LogP contribution is -2.23. The number of aromatic nitrogens is 1. The minimum absolute atomic E-state index is 0.167. The quantitative estimate of drug-likeness (QED) is 0.800. The van der Waals surface area contributed by atoms with E-state index in [1.165, 1.54) is 23.6 Å². The maximum atomic E-state index is 12.8. The zero-order valence-corrected chi connectivity index (χ0v) is 12.3. The minimum atomic E-state index is -4.42. The van der Waals surface area contributed by atoms with E-state index in [2.05, 4.69) is 15.6 Å². The van der Waals surface area contributed by atoms with Crippen molar-refractivity contribution in [2.75, 3.05) is 18.4 Å². The van der Waals surface area contributed by atoms with Gasteiger partial charge in [0.1, 0.15) is 11.9 Å². The molecule has 2 heterocycles. The SMILES string of the molecule is N#Cc1csc(CNCCNc2ncccc2C(F)(F)F)c1. The monoisotopic (exact) mass is 326 g/mol. The Hall–Kier alpha value is -2.11. The van der Waals surface area contributed by atoms with Crippen LogP contribution in [0.15, 0.2) is 29.8 Å². The van der Waals surface area contributed by atoms with Crippen molar-refractivity contribution in [3.05, 3.63) is 45.8 Å². The van der Waals surface area contributed by atoms with Crippen LogP contribution < -0.4 is 10.6 Å². The van der Waals surface area contributed by atoms with Gasteiger partial charge in [-0.1, -0.05) is 0 Å². The third-order valence-electron chi connectivity index (χ3n) is 2.79. The summed E-state index contributed by atoms with van der Waals surface area (Å²) < 4.78 is 38.3. The number of anilines is 1. The van der Waals surface area contributed by atoms with Gasteiger partial charge in [-0.2, -0.15) is 18.4 Å². The molecule has 2 N–H and O–H groups in total. The number of rotatable bonds is 6. The third-order valence-corrected chi connectivity index (χ3v) is 3.73. The van der Waals surface area contributed by atoms with Crippen LogP contribution in [0.1, 0.15) is 16.0 Å². The Labute approximate surface area is 129 Å². The highest BCUT2D eigenvalue weighted by Crippen LogP contribution is 2.33. The minimum Gasteiger partial charge on any atom is -0.368 e. The summed E-state index contributed by atoms with van der Waals surface area (Å²) in [6, 6.07) is 6.09. The molecular weight excluding hydrogens is 313 g/mol. The van der Waals surface area contributed by atoms with Gasteiger partial charge in [0.25, 0.3) is 0 Å². The van der Waals surface area contributed by atoms with Crippen molar-refractivity contribution < 1.29 is 13.2 Å². The average Bonchev–Trinajstić information content (AvgIpc) is 2.94. The average molecular weight is 326 g/mol. The lowest BCUT2D eigenvalue weighted by Gasteiger charge is -2.13. The predicted molar refractivity (Wildman–Crippen MR) is 78.5 cm³/mol. The summed E-state index contributed by atoms with van der Waals surface area (Å²) in [5.74, 6) is -0.167. The third kappa shape index (κ3) is 4.44. The Kier molecular flexibility index (Phi) is 5.35. The van der Waals surface area contributed by atoms with E-state index in [0.717, 1.165) is 10.9 Å². The van der Waals surface area contributed by atoms with Gasteiger partial charge in [-0.3, -0.25) is 0 Å². The number of hydrogen-bond acceptors (Lipinski definition) is 5. The number of pyridine rings is 1. The molecule has 8 heteroatoms. The molecule has 0 saturated heterocycles. The fraction of sp³-hybridized carbons (Fsp3) is 0.286. The van der Waals surface area contributed by atoms with Crippen LogP contribution in [0.5, 0.6) is 0 Å². The molecule has 0 fully saturated rings. The van der Waals surface area contributed by atoms with Crippen LogP contribution in [0.4, 0.5) is 19.0 Å². The molecule has 0 aromatic carbocycles. The highest BCUT2D eigenvalue weighted by atomic mass is 32.1. The van der Waals surface area contributed by atoms with Gasteiger partial charge < -0.3 is 10.6 Å². The van der Waals surface area contributed by atoms with E-state index < -0.39 is 11.7 Å². The van der Waals surface area contributed by atoms with Gasteiger partial charge in [0.05, 0.1) is 11.1 Å². The van der Waals surface area contributed by atoms with Gasteiger partial charge in [0.15, 0.2) is 0 Å². The van der Waals surface area contributed by atoms with Crippen LogP contribution in [0.3, 0.4) is 0 Å². The van der Waals surface area contributed by atoms with Crippen LogP contribution in [-0.2, 0) is 12.7 Å². The first-order valence-electron chi connectivity index (χ1n) is 6.45. The first-order valence-corrected chi connectivity index (χ1v) is 7.33. The molecule has 0 spiro atoms. The van der Waals surface area contributed by atoms with Crippen molar-refractivity contribution in [3.63, 3.8) is 0 Å². The Bertz CT molecular complexity index is 661. The van der Waals surface area contributed by atoms with Gasteiger partial charge >= 0.3 is 6.18 Å². The number of hydrogen-bond donors (Lipinski definition) is 2. The number of halogens is 3. The topological polar surface area (TPSA) is 60.7 Å². The van der Waals surface area contributed by atoms with Gasteiger partial charge in [0.2, 0.25) is 0 Å². The van der Waals surface area contributed by atoms with E-state index in [-0.39, 0.29) is 5.82 Å². The summed E-state index contributed by atoms with van der Waals surface area (Å²) >= 11 is 1.47. The second kappa shape index (κ2) is 7.24. The second-order valence-electron chi connectivity index (χ2n) is 4.41. The summed E-state index contributed by atoms with van der Waals surface area (Å²) in [6.07, 6.45) is -3.10. The molecule has 0 saturated carbocycles. The van der Waals surface area contributed by atoms with Gasteiger partial charge in [-0.25, -0.2) is 4.98 Å². The van der Waals surface area contributed by atoms with Gasteiger partial charge in [0, 0.05) is 36.1 Å². The zero-order chi connectivity index (χ0) is 16.0. The predicted octanol–water partition coefficient (Wildman–Crippen LogP) is 3.24. The Morgan fingerprint density at radius 3 is 2.82 bits per heavy atom. The second-order valence-corrected chi connectivity index (χ2v) is 5.41. The summed E-state index contributed by atoms with van der Waals surface area (Å²) in [4.78, 5) is 4.73. The normalized spacial score (nSPS) is 11.2. The molecular formula is C14H13F3N4S. The summed E-state index contributed by atoms with van der Waals surface area (Å²) in [5.41, 5.74) is -0.157. The van der Waals surface area contributed by atoms with Crippen molar-refractivity contribution in [2.45, 2.75) is 12.7 Å². The molecule has 2 rings (SSSR count). The van der Waals surface area contributed by atoms with E-state index >= 15 is 0 Å². The molecule has 0 amide bonds. The standard InChI is InChI=1S/C14H13F3N4S/c15-14(16,17)12-2-1-3-20-13(12)21-5-4-19-8-11-6-10(7-18)9-22-11/h1-3,6,9,19H,4-5,8H2,(H,20,21). The van der Waals surface area contributed by atoms with E-state index in [4.69, 9.17) is 5.26 Å². The fourth-order valence-corrected chi connectivity index (χ4v) is 2.57. The molecule has 4 nitrogen and oxygen atoms in total. The number of thiophene rings is 1. The van der Waals surface area contributed by atoms with E-state index in [0.29, 0.717) is 25.2 Å². The van der Waals surface area contributed by atoms with Crippen LogP contribution in [0.25, 0.3) is 0 Å². The fourth-order valence-electron chi connectivity index (χ4n) is 1.79. The zero-order valence-electron chi connectivity index (χ0n) is 11.4. The summed E-state index contributed by atoms with van der Waals surface area (Å²) in [5, 5.41) is 16.2. The molecule has 0 radical (unpaired) electrons. The van der Waals surface area contributed by atoms with Crippen LogP contribution in [0, 0.1) is 11.3 Å². The molecule has 0 aliphatic heterocycles. The summed E-state index contributed by atoms with van der Waals surface area (Å²) in [7, 11) is 0. The Morgan fingerprint density at radius 1 is 1.32 bits per heavy atom. The van der Waals surface area contributed by atoms with Crippen LogP contribution in [0.2, 0.25) is 0 Å². The maximum absolute atomic E-state index is 12.8. The lowest BCUT2D eigenvalue weighted by molar-refractivity contribution is -0.137.